The average Bonchev–Trinajstić information content (AvgIpc) is 3.75. The summed E-state index contributed by atoms with van der Waals surface area (Å²) in [4.78, 5) is 64.9. The van der Waals surface area contributed by atoms with Crippen molar-refractivity contribution < 1.29 is 32.7 Å². The Morgan fingerprint density at radius 1 is 0.738 bits per heavy atom. The first-order valence-corrected chi connectivity index (χ1v) is 24.8. The maximum atomic E-state index is 14.6. The number of sulfonamides is 1. The number of likely N-dealkylation sites (tertiary alicyclic amines) is 1. The molecule has 14 nitrogen and oxygen atoms in total. The van der Waals surface area contributed by atoms with E-state index < -0.39 is 39.7 Å². The number of phenols is 1. The second kappa shape index (κ2) is 20.3. The van der Waals surface area contributed by atoms with Gasteiger partial charge in [0.2, 0.25) is 10.0 Å². The minimum Gasteiger partial charge on any atom is -0.508 e. The Labute approximate surface area is 383 Å². The van der Waals surface area contributed by atoms with Gasteiger partial charge in [0.1, 0.15) is 5.75 Å². The minimum atomic E-state index is -4.02. The summed E-state index contributed by atoms with van der Waals surface area (Å²) < 4.78 is 30.6. The van der Waals surface area contributed by atoms with E-state index in [1.165, 1.54) is 11.3 Å². The summed E-state index contributed by atoms with van der Waals surface area (Å²) in [7, 11) is -0.202. The number of carbonyl (C=O) groups excluding carboxylic acids is 4. The molecule has 3 saturated heterocycles. The van der Waals surface area contributed by atoms with Gasteiger partial charge in [-0.15, -0.1) is 0 Å². The van der Waals surface area contributed by atoms with Gasteiger partial charge in [0.05, 0.1) is 17.0 Å². The number of amides is 4. The van der Waals surface area contributed by atoms with Crippen molar-refractivity contribution in [3.8, 4) is 5.75 Å². The smallest absolute Gasteiger partial charge is 0.312 e. The highest BCUT2D eigenvalue weighted by molar-refractivity contribution is 7.89. The number of hydrogen-bond acceptors (Lipinski definition) is 9. The lowest BCUT2D eigenvalue weighted by Crippen LogP contribution is -2.65. The van der Waals surface area contributed by atoms with E-state index in [1.807, 2.05) is 79.7 Å². The topological polar surface area (TPSA) is 163 Å². The number of nitrogens with zero attached hydrogens (tertiary/aromatic N) is 5. The van der Waals surface area contributed by atoms with Crippen LogP contribution in [0.3, 0.4) is 0 Å². The van der Waals surface area contributed by atoms with E-state index in [-0.39, 0.29) is 48.4 Å². The van der Waals surface area contributed by atoms with Crippen LogP contribution in [0.25, 0.3) is 10.8 Å². The highest BCUT2D eigenvalue weighted by Crippen LogP contribution is 2.33. The molecule has 65 heavy (non-hydrogen) atoms. The number of carbonyl (C=O) groups is 4. The third kappa shape index (κ3) is 10.6. The van der Waals surface area contributed by atoms with Gasteiger partial charge < -0.3 is 30.0 Å². The molecule has 15 heteroatoms. The van der Waals surface area contributed by atoms with Gasteiger partial charge in [-0.1, -0.05) is 98.8 Å². The van der Waals surface area contributed by atoms with E-state index in [9.17, 15) is 32.7 Å². The maximum absolute atomic E-state index is 14.6. The molecule has 0 bridgehead atoms. The van der Waals surface area contributed by atoms with Crippen molar-refractivity contribution >= 4 is 50.1 Å². The first kappa shape index (κ1) is 46.0. The predicted octanol–water partition coefficient (Wildman–Crippen LogP) is 4.54. The molecular formula is C50H63N7O7S. The summed E-state index contributed by atoms with van der Waals surface area (Å²) in [6.07, 6.45) is 9.07. The molecule has 3 heterocycles. The molecule has 346 valence electrons. The van der Waals surface area contributed by atoms with Crippen LogP contribution in [0.5, 0.6) is 5.75 Å². The van der Waals surface area contributed by atoms with Crippen LogP contribution >= 0.6 is 0 Å². The Bertz CT molecular complexity index is 2440. The number of anilines is 1. The molecule has 3 aliphatic heterocycles. The van der Waals surface area contributed by atoms with Crippen LogP contribution in [-0.4, -0.2) is 141 Å². The average molecular weight is 906 g/mol. The predicted molar refractivity (Wildman–Crippen MR) is 251 cm³/mol. The molecule has 4 aromatic rings. The molecule has 4 atom stereocenters. The van der Waals surface area contributed by atoms with Gasteiger partial charge in [-0.25, -0.2) is 13.1 Å². The summed E-state index contributed by atoms with van der Waals surface area (Å²) in [5.74, 6) is -1.85. The number of fused-ring (bicyclic) bond motifs is 1. The number of rotatable bonds is 17. The highest BCUT2D eigenvalue weighted by Gasteiger charge is 2.44. The molecule has 1 saturated carbocycles. The number of phenolic OH excluding ortho intramolecular Hbond substituents is 1. The van der Waals surface area contributed by atoms with Crippen LogP contribution < -0.4 is 14.9 Å². The lowest BCUT2D eigenvalue weighted by molar-refractivity contribution is -0.161. The Morgan fingerprint density at radius 3 is 2.20 bits per heavy atom. The fourth-order valence-corrected chi connectivity index (χ4v) is 11.9. The van der Waals surface area contributed by atoms with Crippen LogP contribution in [0.15, 0.2) is 95.9 Å². The third-order valence-corrected chi connectivity index (χ3v) is 15.6. The number of aromatic hydroxyl groups is 1. The number of hydrogen-bond donors (Lipinski definition) is 3. The molecule has 0 spiro atoms. The molecule has 4 aliphatic rings. The largest absolute Gasteiger partial charge is 0.508 e. The molecular weight excluding hydrogens is 843 g/mol. The molecule has 0 radical (unpaired) electrons. The van der Waals surface area contributed by atoms with Gasteiger partial charge in [0, 0.05) is 81.9 Å². The highest BCUT2D eigenvalue weighted by atomic mass is 32.2. The fourth-order valence-electron chi connectivity index (χ4n) is 10.7. The van der Waals surface area contributed by atoms with Crippen LogP contribution in [0.1, 0.15) is 62.5 Å². The molecule has 4 amide bonds. The first-order chi connectivity index (χ1) is 31.4. The van der Waals surface area contributed by atoms with E-state index in [2.05, 4.69) is 14.9 Å². The molecule has 8 rings (SSSR count). The lowest BCUT2D eigenvalue weighted by atomic mass is 9.84. The normalized spacial score (nSPS) is 21.9. The summed E-state index contributed by atoms with van der Waals surface area (Å²) in [6, 6.07) is 26.6. The van der Waals surface area contributed by atoms with Crippen LogP contribution in [-0.2, 0) is 42.0 Å². The fraction of sp³-hybridized carbons (Fsp3) is 0.480. The van der Waals surface area contributed by atoms with Crippen LogP contribution in [0.2, 0.25) is 0 Å². The molecule has 1 aliphatic carbocycles. The van der Waals surface area contributed by atoms with Crippen molar-refractivity contribution in [3.63, 3.8) is 0 Å². The van der Waals surface area contributed by atoms with Gasteiger partial charge in [0.25, 0.3) is 0 Å². The number of nitrogens with one attached hydrogen (secondary N) is 2. The molecule has 4 fully saturated rings. The van der Waals surface area contributed by atoms with Gasteiger partial charge in [-0.3, -0.25) is 24.1 Å². The van der Waals surface area contributed by atoms with Crippen molar-refractivity contribution in [2.45, 2.75) is 93.3 Å². The standard InChI is InChI=1S/C50H63N7O7S/c1-53(2)45-19-9-18-44-43(45)17-10-20-46(44)65(63,64)52-25-27-55-41(30-37-21-23-42(58)24-22-37)34-57(50(62)49(55)61)40(29-36-14-7-4-8-15-36)32-54-26-11-16-38(54)33-56-39(31-51-47(59)48(56)60)28-35-12-5-3-6-13-35/h3,5-6,9-10,12-13,17-24,36,38-41,52,58H,4,7-8,11,14-16,25-34H2,1-2H3,(H,51,59)/t38-,39-,40?,41-/m0/s1. The number of piperazine rings is 2. The van der Waals surface area contributed by atoms with E-state index in [0.717, 1.165) is 73.7 Å². The summed E-state index contributed by atoms with van der Waals surface area (Å²) in [5.41, 5.74) is 2.85. The van der Waals surface area contributed by atoms with Crippen LogP contribution in [0, 0.1) is 5.92 Å². The molecule has 1 unspecified atom stereocenters. The Balaban J connectivity index is 1.03. The van der Waals surface area contributed by atoms with E-state index in [1.54, 1.807) is 40.1 Å². The maximum Gasteiger partial charge on any atom is 0.312 e. The van der Waals surface area contributed by atoms with Gasteiger partial charge in [-0.2, -0.15) is 0 Å². The molecule has 0 aromatic heterocycles. The van der Waals surface area contributed by atoms with E-state index in [0.29, 0.717) is 43.8 Å². The van der Waals surface area contributed by atoms with E-state index in [4.69, 9.17) is 0 Å². The Morgan fingerprint density at radius 2 is 1.45 bits per heavy atom. The monoisotopic (exact) mass is 905 g/mol. The SMILES string of the molecule is CN(C)c1cccc2c(S(=O)(=O)NCCN3C(=O)C(=O)N(C(CC4CCCCC4)CN4CCC[C@H]4CN4C(=O)C(=O)NC[C@@H]4Cc4ccccc4)C[C@@H]3Cc3ccc(O)cc3)cccc12. The second-order valence-electron chi connectivity index (χ2n) is 18.6. The van der Waals surface area contributed by atoms with Crippen molar-refractivity contribution in [1.82, 2.24) is 29.6 Å². The molecule has 3 N–H and O–H groups in total. The van der Waals surface area contributed by atoms with Crippen molar-refractivity contribution in [1.29, 1.82) is 0 Å². The molecule has 4 aromatic carbocycles. The second-order valence-corrected chi connectivity index (χ2v) is 20.3. The first-order valence-electron chi connectivity index (χ1n) is 23.3. The van der Waals surface area contributed by atoms with Crippen molar-refractivity contribution in [3.05, 3.63) is 102 Å². The summed E-state index contributed by atoms with van der Waals surface area (Å²) in [6.45, 7) is 2.22. The summed E-state index contributed by atoms with van der Waals surface area (Å²) >= 11 is 0. The zero-order valence-electron chi connectivity index (χ0n) is 37.6. The zero-order valence-corrected chi connectivity index (χ0v) is 38.4. The minimum absolute atomic E-state index is 0.0167. The Hall–Kier alpha value is -5.51. The zero-order chi connectivity index (χ0) is 45.7. The van der Waals surface area contributed by atoms with Crippen LogP contribution in [0.4, 0.5) is 5.69 Å². The lowest BCUT2D eigenvalue weighted by Gasteiger charge is -2.46. The van der Waals surface area contributed by atoms with E-state index >= 15 is 0 Å². The Kier molecular flexibility index (Phi) is 14.4. The van der Waals surface area contributed by atoms with Gasteiger partial charge in [0.15, 0.2) is 0 Å². The van der Waals surface area contributed by atoms with Gasteiger partial charge >= 0.3 is 23.6 Å². The van der Waals surface area contributed by atoms with Crippen molar-refractivity contribution in [2.75, 3.05) is 64.8 Å². The van der Waals surface area contributed by atoms with Gasteiger partial charge in [-0.05, 0) is 80.0 Å². The van der Waals surface area contributed by atoms with Crippen molar-refractivity contribution in [2.24, 2.45) is 5.92 Å². The number of benzene rings is 4. The quantitative estimate of drug-likeness (QED) is 0.129. The third-order valence-electron chi connectivity index (χ3n) is 14.1. The summed E-state index contributed by atoms with van der Waals surface area (Å²) in [5, 5.41) is 14.3.